The van der Waals surface area contributed by atoms with Gasteiger partial charge in [-0.15, -0.1) is 0 Å². The number of hydrogen-bond acceptors (Lipinski definition) is 7. The lowest BCUT2D eigenvalue weighted by Gasteiger charge is -2.31. The molecule has 1 atom stereocenters. The minimum atomic E-state index is -0.803. The van der Waals surface area contributed by atoms with Crippen molar-refractivity contribution in [2.75, 3.05) is 25.5 Å². The van der Waals surface area contributed by atoms with Gasteiger partial charge in [0.05, 0.1) is 6.54 Å². The van der Waals surface area contributed by atoms with Crippen molar-refractivity contribution in [2.45, 2.75) is 51.0 Å². The Hall–Kier alpha value is -1.61. The quantitative estimate of drug-likeness (QED) is 0.468. The van der Waals surface area contributed by atoms with E-state index in [1.807, 2.05) is 0 Å². The predicted molar refractivity (Wildman–Crippen MR) is 103 cm³/mol. The third kappa shape index (κ3) is 5.68. The first-order valence-electron chi connectivity index (χ1n) is 9.80. The SMILES string of the molecule is O=C(NNC1=NCCS1)C(=O)C(NC(=O)C1CCCCC1)C1CCOCC1. The lowest BCUT2D eigenvalue weighted by molar-refractivity contribution is -0.142. The van der Waals surface area contributed by atoms with Crippen molar-refractivity contribution in [3.63, 3.8) is 0 Å². The minimum Gasteiger partial charge on any atom is -0.381 e. The molecule has 3 aliphatic rings. The van der Waals surface area contributed by atoms with E-state index < -0.39 is 17.7 Å². The largest absolute Gasteiger partial charge is 0.381 e. The van der Waals surface area contributed by atoms with E-state index in [0.29, 0.717) is 37.8 Å². The fraction of sp³-hybridized carbons (Fsp3) is 0.778. The maximum Gasteiger partial charge on any atom is 0.307 e. The molecule has 0 radical (unpaired) electrons. The van der Waals surface area contributed by atoms with Gasteiger partial charge in [-0.3, -0.25) is 30.2 Å². The average molecular weight is 397 g/mol. The maximum absolute atomic E-state index is 12.8. The lowest BCUT2D eigenvalue weighted by atomic mass is 9.85. The number of hydrazine groups is 1. The average Bonchev–Trinajstić information content (AvgIpc) is 3.24. The van der Waals surface area contributed by atoms with Crippen LogP contribution in [0.1, 0.15) is 44.9 Å². The van der Waals surface area contributed by atoms with Crippen LogP contribution >= 0.6 is 11.8 Å². The molecule has 9 heteroatoms. The Balaban J connectivity index is 1.61. The van der Waals surface area contributed by atoms with E-state index in [0.717, 1.165) is 37.9 Å². The molecule has 0 bridgehead atoms. The standard InChI is InChI=1S/C18H28N4O4S/c23-15(17(25)21-22-18-19-8-11-27-18)14(12-6-9-26-10-7-12)20-16(24)13-4-2-1-3-5-13/h12-14H,1-11H2,(H,19,22)(H,20,24)(H,21,25). The van der Waals surface area contributed by atoms with Gasteiger partial charge in [0.1, 0.15) is 6.04 Å². The summed E-state index contributed by atoms with van der Waals surface area (Å²) in [7, 11) is 0. The maximum atomic E-state index is 12.8. The molecule has 0 aromatic heterocycles. The summed E-state index contributed by atoms with van der Waals surface area (Å²) in [6, 6.07) is -0.803. The molecule has 1 saturated heterocycles. The number of carbonyl (C=O) groups is 3. The van der Waals surface area contributed by atoms with Crippen LogP contribution in [0.25, 0.3) is 0 Å². The van der Waals surface area contributed by atoms with Crippen LogP contribution in [0, 0.1) is 11.8 Å². The third-order valence-corrected chi connectivity index (χ3v) is 6.28. The first-order valence-corrected chi connectivity index (χ1v) is 10.8. The van der Waals surface area contributed by atoms with E-state index in [-0.39, 0.29) is 17.7 Å². The number of rotatable bonds is 5. The molecule has 0 aromatic rings. The topological polar surface area (TPSA) is 109 Å². The van der Waals surface area contributed by atoms with Gasteiger partial charge in [-0.2, -0.15) is 0 Å². The Kier molecular flexibility index (Phi) is 7.51. The van der Waals surface area contributed by atoms with Gasteiger partial charge in [-0.1, -0.05) is 31.0 Å². The van der Waals surface area contributed by atoms with Gasteiger partial charge in [0.25, 0.3) is 0 Å². The van der Waals surface area contributed by atoms with E-state index in [1.165, 1.54) is 11.8 Å². The highest BCUT2D eigenvalue weighted by Gasteiger charge is 2.36. The number of thioether (sulfide) groups is 1. The molecule has 0 aromatic carbocycles. The number of Topliss-reactive ketones (excluding diaryl/α,β-unsaturated/α-hetero) is 1. The second-order valence-electron chi connectivity index (χ2n) is 7.25. The predicted octanol–water partition coefficient (Wildman–Crippen LogP) is 0.771. The summed E-state index contributed by atoms with van der Waals surface area (Å²) in [5.41, 5.74) is 5.12. The van der Waals surface area contributed by atoms with Gasteiger partial charge in [0.15, 0.2) is 5.17 Å². The fourth-order valence-electron chi connectivity index (χ4n) is 3.81. The van der Waals surface area contributed by atoms with Crippen molar-refractivity contribution in [1.29, 1.82) is 0 Å². The molecule has 150 valence electrons. The van der Waals surface area contributed by atoms with E-state index in [9.17, 15) is 14.4 Å². The summed E-state index contributed by atoms with van der Waals surface area (Å²) in [5.74, 6) is -0.736. The molecule has 8 nitrogen and oxygen atoms in total. The van der Waals surface area contributed by atoms with Gasteiger partial charge in [-0.05, 0) is 31.6 Å². The number of ether oxygens (including phenoxy) is 1. The summed E-state index contributed by atoms with van der Waals surface area (Å²) in [6.07, 6.45) is 6.25. The highest BCUT2D eigenvalue weighted by atomic mass is 32.2. The minimum absolute atomic E-state index is 0.0562. The van der Waals surface area contributed by atoms with Crippen LogP contribution in [0.5, 0.6) is 0 Å². The molecule has 1 aliphatic carbocycles. The highest BCUT2D eigenvalue weighted by Crippen LogP contribution is 2.25. The summed E-state index contributed by atoms with van der Waals surface area (Å²) in [5, 5.41) is 3.50. The second kappa shape index (κ2) is 10.1. The zero-order valence-electron chi connectivity index (χ0n) is 15.5. The number of hydrogen-bond donors (Lipinski definition) is 3. The smallest absolute Gasteiger partial charge is 0.307 e. The Labute approximate surface area is 163 Å². The van der Waals surface area contributed by atoms with Gasteiger partial charge < -0.3 is 10.1 Å². The van der Waals surface area contributed by atoms with Crippen LogP contribution in [-0.2, 0) is 19.1 Å². The van der Waals surface area contributed by atoms with Gasteiger partial charge in [0, 0.05) is 24.9 Å². The number of nitrogens with zero attached hydrogens (tertiary/aromatic N) is 1. The Morgan fingerprint density at radius 3 is 2.48 bits per heavy atom. The van der Waals surface area contributed by atoms with Crippen molar-refractivity contribution in [3.8, 4) is 0 Å². The molecule has 1 unspecified atom stereocenters. The van der Waals surface area contributed by atoms with Gasteiger partial charge >= 0.3 is 5.91 Å². The third-order valence-electron chi connectivity index (χ3n) is 5.39. The Morgan fingerprint density at radius 1 is 1.07 bits per heavy atom. The normalized spacial score (nSPS) is 22.6. The van der Waals surface area contributed by atoms with Crippen LogP contribution in [0.15, 0.2) is 4.99 Å². The fourth-order valence-corrected chi connectivity index (χ4v) is 4.49. The second-order valence-corrected chi connectivity index (χ2v) is 8.33. The number of aliphatic imine (C=N–C) groups is 1. The summed E-state index contributed by atoms with van der Waals surface area (Å²) < 4.78 is 5.37. The van der Waals surface area contributed by atoms with Crippen molar-refractivity contribution in [3.05, 3.63) is 0 Å². The van der Waals surface area contributed by atoms with Crippen LogP contribution in [0.3, 0.4) is 0 Å². The lowest BCUT2D eigenvalue weighted by Crippen LogP contribution is -2.55. The molecule has 2 fully saturated rings. The first kappa shape index (κ1) is 20.1. The zero-order valence-corrected chi connectivity index (χ0v) is 16.3. The summed E-state index contributed by atoms with van der Waals surface area (Å²) >= 11 is 1.49. The molecule has 27 heavy (non-hydrogen) atoms. The van der Waals surface area contributed by atoms with Crippen molar-refractivity contribution < 1.29 is 19.1 Å². The van der Waals surface area contributed by atoms with Crippen molar-refractivity contribution >= 4 is 34.5 Å². The number of nitrogens with one attached hydrogen (secondary N) is 3. The van der Waals surface area contributed by atoms with E-state index in [1.54, 1.807) is 0 Å². The van der Waals surface area contributed by atoms with Crippen molar-refractivity contribution in [1.82, 2.24) is 16.2 Å². The molecule has 2 aliphatic heterocycles. The summed E-state index contributed by atoms with van der Waals surface area (Å²) in [6.45, 7) is 1.78. The van der Waals surface area contributed by atoms with Gasteiger partial charge in [-0.25, -0.2) is 0 Å². The Bertz CT molecular complexity index is 586. The zero-order chi connectivity index (χ0) is 19.1. The van der Waals surface area contributed by atoms with Gasteiger partial charge in [0.2, 0.25) is 11.7 Å². The molecular weight excluding hydrogens is 368 g/mol. The van der Waals surface area contributed by atoms with Crippen LogP contribution < -0.4 is 16.2 Å². The number of amidine groups is 1. The van der Waals surface area contributed by atoms with Crippen LogP contribution in [0.4, 0.5) is 0 Å². The first-order chi connectivity index (χ1) is 13.1. The summed E-state index contributed by atoms with van der Waals surface area (Å²) in [4.78, 5) is 42.0. The van der Waals surface area contributed by atoms with E-state index >= 15 is 0 Å². The van der Waals surface area contributed by atoms with Crippen molar-refractivity contribution in [2.24, 2.45) is 16.8 Å². The number of ketones is 1. The molecule has 3 N–H and O–H groups in total. The van der Waals surface area contributed by atoms with E-state index in [4.69, 9.17) is 4.74 Å². The highest BCUT2D eigenvalue weighted by molar-refractivity contribution is 8.14. The molecule has 1 saturated carbocycles. The van der Waals surface area contributed by atoms with Crippen LogP contribution in [-0.4, -0.2) is 54.3 Å². The monoisotopic (exact) mass is 396 g/mol. The number of carbonyl (C=O) groups excluding carboxylic acids is 3. The molecular formula is C18H28N4O4S. The molecule has 3 rings (SSSR count). The molecule has 2 heterocycles. The molecule has 0 spiro atoms. The number of amides is 2. The van der Waals surface area contributed by atoms with Crippen LogP contribution in [0.2, 0.25) is 0 Å². The van der Waals surface area contributed by atoms with E-state index in [2.05, 4.69) is 21.2 Å². The molecule has 2 amide bonds. The Morgan fingerprint density at radius 2 is 1.81 bits per heavy atom.